The Bertz CT molecular complexity index is 646. The van der Waals surface area contributed by atoms with Crippen LogP contribution >= 0.6 is 0 Å². The summed E-state index contributed by atoms with van der Waals surface area (Å²) in [6.07, 6.45) is -0.834. The van der Waals surface area contributed by atoms with Crippen LogP contribution in [0.3, 0.4) is 0 Å². The Morgan fingerprint density at radius 2 is 2.08 bits per heavy atom. The molecule has 2 rings (SSSR count). The molecule has 138 valence electrons. The van der Waals surface area contributed by atoms with Crippen molar-refractivity contribution in [2.24, 2.45) is 11.1 Å². The Morgan fingerprint density at radius 1 is 1.44 bits per heavy atom. The lowest BCUT2D eigenvalue weighted by molar-refractivity contribution is -0.00269. The summed E-state index contributed by atoms with van der Waals surface area (Å²) in [5, 5.41) is 12.1. The zero-order valence-electron chi connectivity index (χ0n) is 14.0. The number of primary amides is 1. The summed E-state index contributed by atoms with van der Waals surface area (Å²) in [6, 6.07) is 1.03. The molecule has 7 nitrogen and oxygen atoms in total. The van der Waals surface area contributed by atoms with Crippen molar-refractivity contribution in [2.45, 2.75) is 32.6 Å². The standard InChI is InChI=1S/C16H22F2N4O3/c1-10-12(14(19)24)6-11(8-20-10)21-15(25)22-4-2-16(9-23,3-5-22)7-13(17)18/h6,8,13,23H,2-5,7,9H2,1H3,(H2,19,24)(H,21,25). The molecule has 4 N–H and O–H groups in total. The minimum absolute atomic E-state index is 0.215. The van der Waals surface area contributed by atoms with E-state index in [-0.39, 0.29) is 31.7 Å². The fraction of sp³-hybridized carbons (Fsp3) is 0.562. The van der Waals surface area contributed by atoms with Gasteiger partial charge in [0.25, 0.3) is 5.91 Å². The molecule has 0 aliphatic carbocycles. The average Bonchev–Trinajstić information content (AvgIpc) is 2.56. The van der Waals surface area contributed by atoms with Gasteiger partial charge in [-0.2, -0.15) is 0 Å². The van der Waals surface area contributed by atoms with Gasteiger partial charge in [-0.05, 0) is 25.8 Å². The summed E-state index contributed by atoms with van der Waals surface area (Å²) in [5.74, 6) is -0.640. The second kappa shape index (κ2) is 7.73. The van der Waals surface area contributed by atoms with Crippen LogP contribution in [0.15, 0.2) is 12.3 Å². The number of pyridine rings is 1. The maximum absolute atomic E-state index is 12.7. The maximum Gasteiger partial charge on any atom is 0.321 e. The molecule has 1 saturated heterocycles. The summed E-state index contributed by atoms with van der Waals surface area (Å²) >= 11 is 0. The van der Waals surface area contributed by atoms with Crippen LogP contribution in [-0.2, 0) is 0 Å². The van der Waals surface area contributed by atoms with Crippen LogP contribution in [0, 0.1) is 12.3 Å². The molecule has 0 radical (unpaired) electrons. The molecule has 0 atom stereocenters. The number of hydrogen-bond donors (Lipinski definition) is 3. The zero-order chi connectivity index (χ0) is 18.6. The lowest BCUT2D eigenvalue weighted by Gasteiger charge is -2.40. The number of likely N-dealkylation sites (tertiary alicyclic amines) is 1. The van der Waals surface area contributed by atoms with Crippen molar-refractivity contribution < 1.29 is 23.5 Å². The molecule has 9 heteroatoms. The number of rotatable bonds is 5. The number of amides is 3. The molecule has 1 fully saturated rings. The number of nitrogens with zero attached hydrogens (tertiary/aromatic N) is 2. The Labute approximate surface area is 144 Å². The lowest BCUT2D eigenvalue weighted by atomic mass is 9.76. The number of aliphatic hydroxyl groups excluding tert-OH is 1. The summed E-state index contributed by atoms with van der Waals surface area (Å²) in [6.45, 7) is 1.84. The van der Waals surface area contributed by atoms with E-state index in [2.05, 4.69) is 10.3 Å². The van der Waals surface area contributed by atoms with E-state index in [4.69, 9.17) is 5.73 Å². The quantitative estimate of drug-likeness (QED) is 0.747. The zero-order valence-corrected chi connectivity index (χ0v) is 14.0. The van der Waals surface area contributed by atoms with Gasteiger partial charge in [-0.25, -0.2) is 13.6 Å². The highest BCUT2D eigenvalue weighted by molar-refractivity contribution is 5.96. The summed E-state index contributed by atoms with van der Waals surface area (Å²) in [5.41, 5.74) is 5.42. The Hall–Kier alpha value is -2.29. The van der Waals surface area contributed by atoms with E-state index in [9.17, 15) is 23.5 Å². The van der Waals surface area contributed by atoms with Gasteiger partial charge >= 0.3 is 6.03 Å². The van der Waals surface area contributed by atoms with E-state index >= 15 is 0 Å². The summed E-state index contributed by atoms with van der Waals surface area (Å²) < 4.78 is 25.4. The third-order valence-electron chi connectivity index (χ3n) is 4.64. The van der Waals surface area contributed by atoms with Gasteiger partial charge in [-0.15, -0.1) is 0 Å². The van der Waals surface area contributed by atoms with E-state index in [0.29, 0.717) is 24.2 Å². The molecule has 1 aliphatic rings. The van der Waals surface area contributed by atoms with Crippen molar-refractivity contribution in [1.82, 2.24) is 9.88 Å². The van der Waals surface area contributed by atoms with Crippen LogP contribution in [0.2, 0.25) is 0 Å². The first-order valence-corrected chi connectivity index (χ1v) is 7.98. The number of aliphatic hydroxyl groups is 1. The Kier molecular flexibility index (Phi) is 5.89. The molecule has 1 aromatic heterocycles. The maximum atomic E-state index is 12.7. The first kappa shape index (κ1) is 19.0. The monoisotopic (exact) mass is 356 g/mol. The topological polar surface area (TPSA) is 109 Å². The molecule has 1 aromatic rings. The second-order valence-corrected chi connectivity index (χ2v) is 6.39. The Balaban J connectivity index is 1.99. The average molecular weight is 356 g/mol. The predicted octanol–water partition coefficient (Wildman–Crippen LogP) is 1.75. The van der Waals surface area contributed by atoms with E-state index in [1.807, 2.05) is 0 Å². The normalized spacial score (nSPS) is 16.8. The fourth-order valence-electron chi connectivity index (χ4n) is 2.99. The van der Waals surface area contributed by atoms with Gasteiger partial charge in [0, 0.05) is 31.5 Å². The lowest BCUT2D eigenvalue weighted by Crippen LogP contribution is -2.46. The predicted molar refractivity (Wildman–Crippen MR) is 87.5 cm³/mol. The van der Waals surface area contributed by atoms with Crippen molar-refractivity contribution >= 4 is 17.6 Å². The number of nitrogens with one attached hydrogen (secondary N) is 1. The highest BCUT2D eigenvalue weighted by Crippen LogP contribution is 2.36. The Morgan fingerprint density at radius 3 is 2.60 bits per heavy atom. The van der Waals surface area contributed by atoms with E-state index in [0.717, 1.165) is 0 Å². The smallest absolute Gasteiger partial charge is 0.321 e. The van der Waals surface area contributed by atoms with Crippen LogP contribution in [0.1, 0.15) is 35.3 Å². The molecule has 0 saturated carbocycles. The minimum Gasteiger partial charge on any atom is -0.396 e. The van der Waals surface area contributed by atoms with Gasteiger partial charge in [0.2, 0.25) is 6.43 Å². The number of anilines is 1. The molecule has 1 aliphatic heterocycles. The van der Waals surface area contributed by atoms with Crippen molar-refractivity contribution in [2.75, 3.05) is 25.0 Å². The third kappa shape index (κ3) is 4.62. The van der Waals surface area contributed by atoms with Crippen molar-refractivity contribution in [1.29, 1.82) is 0 Å². The molecular weight excluding hydrogens is 334 g/mol. The number of nitrogens with two attached hydrogens (primary N) is 1. The molecular formula is C16H22F2N4O3. The molecule has 25 heavy (non-hydrogen) atoms. The van der Waals surface area contributed by atoms with Crippen molar-refractivity contribution in [3.63, 3.8) is 0 Å². The highest BCUT2D eigenvalue weighted by atomic mass is 19.3. The molecule has 0 bridgehead atoms. The molecule has 2 heterocycles. The molecule has 0 spiro atoms. The third-order valence-corrected chi connectivity index (χ3v) is 4.64. The summed E-state index contributed by atoms with van der Waals surface area (Å²) in [4.78, 5) is 29.1. The van der Waals surface area contributed by atoms with Crippen LogP contribution in [0.25, 0.3) is 0 Å². The highest BCUT2D eigenvalue weighted by Gasteiger charge is 2.37. The van der Waals surface area contributed by atoms with Crippen molar-refractivity contribution in [3.8, 4) is 0 Å². The van der Waals surface area contributed by atoms with Gasteiger partial charge in [-0.3, -0.25) is 9.78 Å². The number of carbonyl (C=O) groups is 2. The number of aryl methyl sites for hydroxylation is 1. The number of carbonyl (C=O) groups excluding carboxylic acids is 2. The number of alkyl halides is 2. The SMILES string of the molecule is Cc1ncc(NC(=O)N2CCC(CO)(CC(F)F)CC2)cc1C(N)=O. The number of halogens is 2. The first-order chi connectivity index (χ1) is 11.8. The van der Waals surface area contributed by atoms with Gasteiger partial charge in [0.1, 0.15) is 0 Å². The second-order valence-electron chi connectivity index (χ2n) is 6.39. The number of urea groups is 1. The fourth-order valence-corrected chi connectivity index (χ4v) is 2.99. The molecule has 0 unspecified atom stereocenters. The van der Waals surface area contributed by atoms with E-state index < -0.39 is 23.8 Å². The largest absolute Gasteiger partial charge is 0.396 e. The molecule has 3 amide bonds. The first-order valence-electron chi connectivity index (χ1n) is 7.98. The van der Waals surface area contributed by atoms with Crippen molar-refractivity contribution in [3.05, 3.63) is 23.5 Å². The van der Waals surface area contributed by atoms with Gasteiger partial charge in [-0.1, -0.05) is 0 Å². The van der Waals surface area contributed by atoms with Gasteiger partial charge < -0.3 is 21.1 Å². The van der Waals surface area contributed by atoms with Gasteiger partial charge in [0.15, 0.2) is 0 Å². The van der Waals surface area contributed by atoms with E-state index in [1.165, 1.54) is 17.2 Å². The van der Waals surface area contributed by atoms with Gasteiger partial charge in [0.05, 0.1) is 23.1 Å². The number of aromatic nitrogens is 1. The van der Waals surface area contributed by atoms with Crippen LogP contribution in [-0.4, -0.2) is 53.1 Å². The summed E-state index contributed by atoms with van der Waals surface area (Å²) in [7, 11) is 0. The number of piperidine rings is 1. The van der Waals surface area contributed by atoms with E-state index in [1.54, 1.807) is 6.92 Å². The molecule has 0 aromatic carbocycles. The van der Waals surface area contributed by atoms with Crippen LogP contribution in [0.4, 0.5) is 19.3 Å². The van der Waals surface area contributed by atoms with Crippen LogP contribution < -0.4 is 11.1 Å². The minimum atomic E-state index is -2.49. The number of hydrogen-bond acceptors (Lipinski definition) is 4. The van der Waals surface area contributed by atoms with Crippen LogP contribution in [0.5, 0.6) is 0 Å².